The molecular weight excluding hydrogens is 326 g/mol. The quantitative estimate of drug-likeness (QED) is 0.692. The van der Waals surface area contributed by atoms with Crippen LogP contribution in [0.25, 0.3) is 0 Å². The Balaban J connectivity index is 1.98. The SMILES string of the molecule is CCN(c1cccc(C)c1)c1ncnc(Nc2ccccc2OC)c1N. The van der Waals surface area contributed by atoms with Crippen LogP contribution in [0, 0.1) is 6.92 Å². The molecule has 0 amide bonds. The Morgan fingerprint density at radius 3 is 2.65 bits per heavy atom. The molecule has 0 saturated carbocycles. The van der Waals surface area contributed by atoms with E-state index in [2.05, 4.69) is 46.2 Å². The second-order valence-corrected chi connectivity index (χ2v) is 5.87. The molecule has 0 spiro atoms. The van der Waals surface area contributed by atoms with E-state index in [1.807, 2.05) is 36.4 Å². The first kappa shape index (κ1) is 17.5. The van der Waals surface area contributed by atoms with Gasteiger partial charge in [0.1, 0.15) is 17.8 Å². The van der Waals surface area contributed by atoms with Gasteiger partial charge in [-0.2, -0.15) is 0 Å². The van der Waals surface area contributed by atoms with E-state index in [1.54, 1.807) is 7.11 Å². The highest BCUT2D eigenvalue weighted by molar-refractivity contribution is 5.82. The van der Waals surface area contributed by atoms with Crippen LogP contribution in [0.2, 0.25) is 0 Å². The number of hydrogen-bond donors (Lipinski definition) is 2. The fraction of sp³-hybridized carbons (Fsp3) is 0.200. The lowest BCUT2D eigenvalue weighted by Gasteiger charge is -2.24. The van der Waals surface area contributed by atoms with Gasteiger partial charge in [0.25, 0.3) is 0 Å². The summed E-state index contributed by atoms with van der Waals surface area (Å²) < 4.78 is 5.38. The number of rotatable bonds is 6. The average molecular weight is 349 g/mol. The van der Waals surface area contributed by atoms with Crippen molar-refractivity contribution in [2.45, 2.75) is 13.8 Å². The fourth-order valence-corrected chi connectivity index (χ4v) is 2.83. The summed E-state index contributed by atoms with van der Waals surface area (Å²) in [5.41, 5.74) is 9.91. The second-order valence-electron chi connectivity index (χ2n) is 5.87. The number of nitrogens with one attached hydrogen (secondary N) is 1. The summed E-state index contributed by atoms with van der Waals surface area (Å²) in [6, 6.07) is 15.9. The predicted octanol–water partition coefficient (Wildman–Crippen LogP) is 4.28. The summed E-state index contributed by atoms with van der Waals surface area (Å²) >= 11 is 0. The normalized spacial score (nSPS) is 10.4. The highest BCUT2D eigenvalue weighted by Gasteiger charge is 2.16. The molecular formula is C20H23N5O. The van der Waals surface area contributed by atoms with Crippen LogP contribution < -0.4 is 20.7 Å². The van der Waals surface area contributed by atoms with Gasteiger partial charge in [-0.25, -0.2) is 9.97 Å². The van der Waals surface area contributed by atoms with Gasteiger partial charge >= 0.3 is 0 Å². The third-order valence-electron chi connectivity index (χ3n) is 4.11. The van der Waals surface area contributed by atoms with Crippen LogP contribution >= 0.6 is 0 Å². The van der Waals surface area contributed by atoms with Crippen LogP contribution in [-0.2, 0) is 0 Å². The highest BCUT2D eigenvalue weighted by Crippen LogP contribution is 2.34. The number of aryl methyl sites for hydroxylation is 1. The number of benzene rings is 2. The molecule has 0 unspecified atom stereocenters. The first-order valence-corrected chi connectivity index (χ1v) is 8.48. The minimum atomic E-state index is 0.488. The van der Waals surface area contributed by atoms with Crippen molar-refractivity contribution in [1.29, 1.82) is 0 Å². The Morgan fingerprint density at radius 2 is 1.92 bits per heavy atom. The van der Waals surface area contributed by atoms with E-state index in [-0.39, 0.29) is 0 Å². The smallest absolute Gasteiger partial charge is 0.161 e. The van der Waals surface area contributed by atoms with Crippen molar-refractivity contribution in [3.05, 3.63) is 60.4 Å². The molecule has 0 bridgehead atoms. The highest BCUT2D eigenvalue weighted by atomic mass is 16.5. The van der Waals surface area contributed by atoms with Crippen LogP contribution in [0.5, 0.6) is 5.75 Å². The number of aromatic nitrogens is 2. The maximum Gasteiger partial charge on any atom is 0.161 e. The van der Waals surface area contributed by atoms with Gasteiger partial charge in [0.2, 0.25) is 0 Å². The van der Waals surface area contributed by atoms with Gasteiger partial charge in [0, 0.05) is 12.2 Å². The Hall–Kier alpha value is -3.28. The van der Waals surface area contributed by atoms with Gasteiger partial charge < -0.3 is 20.7 Å². The summed E-state index contributed by atoms with van der Waals surface area (Å²) in [7, 11) is 1.63. The molecule has 3 rings (SSSR count). The lowest BCUT2D eigenvalue weighted by molar-refractivity contribution is 0.417. The fourth-order valence-electron chi connectivity index (χ4n) is 2.83. The number of anilines is 5. The van der Waals surface area contributed by atoms with Crippen LogP contribution in [0.4, 0.5) is 28.7 Å². The standard InChI is InChI=1S/C20H23N5O/c1-4-25(15-9-7-8-14(2)12-15)20-18(21)19(22-13-23-20)24-16-10-5-6-11-17(16)26-3/h5-13H,4,21H2,1-3H3,(H,22,23,24). The maximum atomic E-state index is 6.40. The monoisotopic (exact) mass is 349 g/mol. The van der Waals surface area contributed by atoms with Crippen molar-refractivity contribution in [3.8, 4) is 5.75 Å². The molecule has 0 aliphatic rings. The Morgan fingerprint density at radius 1 is 1.12 bits per heavy atom. The van der Waals surface area contributed by atoms with Crippen molar-refractivity contribution in [1.82, 2.24) is 9.97 Å². The molecule has 26 heavy (non-hydrogen) atoms. The van der Waals surface area contributed by atoms with Gasteiger partial charge in [-0.3, -0.25) is 0 Å². The molecule has 6 heteroatoms. The van der Waals surface area contributed by atoms with Crippen LogP contribution in [-0.4, -0.2) is 23.6 Å². The van der Waals surface area contributed by atoms with Gasteiger partial charge in [-0.05, 0) is 43.7 Å². The van der Waals surface area contributed by atoms with Crippen molar-refractivity contribution in [3.63, 3.8) is 0 Å². The van der Waals surface area contributed by atoms with Gasteiger partial charge in [0.05, 0.1) is 12.8 Å². The van der Waals surface area contributed by atoms with Gasteiger partial charge in [-0.15, -0.1) is 0 Å². The lowest BCUT2D eigenvalue weighted by atomic mass is 10.2. The van der Waals surface area contributed by atoms with E-state index >= 15 is 0 Å². The number of methoxy groups -OCH3 is 1. The number of nitrogen functional groups attached to an aromatic ring is 1. The average Bonchev–Trinajstić information content (AvgIpc) is 2.66. The zero-order valence-corrected chi connectivity index (χ0v) is 15.2. The van der Waals surface area contributed by atoms with Crippen molar-refractivity contribution in [2.24, 2.45) is 0 Å². The Bertz CT molecular complexity index is 897. The largest absolute Gasteiger partial charge is 0.495 e. The minimum absolute atomic E-state index is 0.488. The maximum absolute atomic E-state index is 6.40. The van der Waals surface area contributed by atoms with Crippen LogP contribution in [0.1, 0.15) is 12.5 Å². The summed E-state index contributed by atoms with van der Waals surface area (Å²) in [4.78, 5) is 10.8. The molecule has 0 atom stereocenters. The molecule has 0 radical (unpaired) electrons. The molecule has 3 aromatic rings. The van der Waals surface area contributed by atoms with Crippen molar-refractivity contribution in [2.75, 3.05) is 29.6 Å². The van der Waals surface area contributed by atoms with Crippen molar-refractivity contribution < 1.29 is 4.74 Å². The molecule has 0 fully saturated rings. The summed E-state index contributed by atoms with van der Waals surface area (Å²) in [5.74, 6) is 1.94. The molecule has 1 heterocycles. The summed E-state index contributed by atoms with van der Waals surface area (Å²) in [6.07, 6.45) is 1.52. The number of nitrogens with two attached hydrogens (primary N) is 1. The van der Waals surface area contributed by atoms with Crippen LogP contribution in [0.15, 0.2) is 54.9 Å². The summed E-state index contributed by atoms with van der Waals surface area (Å²) in [5, 5.41) is 3.25. The Labute approximate surface area is 153 Å². The number of nitrogens with zero attached hydrogens (tertiary/aromatic N) is 3. The lowest BCUT2D eigenvalue weighted by Crippen LogP contribution is -2.20. The topological polar surface area (TPSA) is 76.3 Å². The molecule has 134 valence electrons. The number of hydrogen-bond acceptors (Lipinski definition) is 6. The number of ether oxygens (including phenoxy) is 1. The minimum Gasteiger partial charge on any atom is -0.495 e. The van der Waals surface area contributed by atoms with E-state index in [0.717, 1.165) is 23.7 Å². The van der Waals surface area contributed by atoms with E-state index in [0.29, 0.717) is 17.3 Å². The van der Waals surface area contributed by atoms with E-state index in [1.165, 1.54) is 11.9 Å². The molecule has 3 N–H and O–H groups in total. The third-order valence-corrected chi connectivity index (χ3v) is 4.11. The van der Waals surface area contributed by atoms with Crippen LogP contribution in [0.3, 0.4) is 0 Å². The van der Waals surface area contributed by atoms with Gasteiger partial charge in [0.15, 0.2) is 11.6 Å². The molecule has 6 nitrogen and oxygen atoms in total. The van der Waals surface area contributed by atoms with E-state index in [4.69, 9.17) is 10.5 Å². The second kappa shape index (κ2) is 7.74. The number of para-hydroxylation sites is 2. The first-order chi connectivity index (χ1) is 12.6. The zero-order valence-electron chi connectivity index (χ0n) is 15.2. The first-order valence-electron chi connectivity index (χ1n) is 8.48. The molecule has 0 saturated heterocycles. The van der Waals surface area contributed by atoms with Crippen molar-refractivity contribution >= 4 is 28.7 Å². The van der Waals surface area contributed by atoms with E-state index in [9.17, 15) is 0 Å². The predicted molar refractivity (Wildman–Crippen MR) is 107 cm³/mol. The third kappa shape index (κ3) is 3.54. The van der Waals surface area contributed by atoms with E-state index < -0.39 is 0 Å². The molecule has 0 aliphatic heterocycles. The molecule has 1 aromatic heterocycles. The Kier molecular flexibility index (Phi) is 5.22. The summed E-state index contributed by atoms with van der Waals surface area (Å²) in [6.45, 7) is 4.87. The van der Waals surface area contributed by atoms with Gasteiger partial charge in [-0.1, -0.05) is 24.3 Å². The molecule has 2 aromatic carbocycles. The molecule has 0 aliphatic carbocycles. The zero-order chi connectivity index (χ0) is 18.5.